The number of nitriles is 1. The maximum Gasteiger partial charge on any atom is 0.264 e. The van der Waals surface area contributed by atoms with E-state index in [1.165, 1.54) is 0 Å². The van der Waals surface area contributed by atoms with E-state index < -0.39 is 0 Å². The highest BCUT2D eigenvalue weighted by Crippen LogP contribution is 2.24. The van der Waals surface area contributed by atoms with Crippen molar-refractivity contribution in [2.24, 2.45) is 0 Å². The number of ether oxygens (including phenoxy) is 1. The lowest BCUT2D eigenvalue weighted by Gasteiger charge is -2.32. The van der Waals surface area contributed by atoms with Crippen LogP contribution < -0.4 is 4.74 Å². The zero-order valence-electron chi connectivity index (χ0n) is 16.9. The first kappa shape index (κ1) is 19.7. The van der Waals surface area contributed by atoms with Crippen LogP contribution in [0.2, 0.25) is 0 Å². The topological polar surface area (TPSA) is 61.5 Å². The predicted molar refractivity (Wildman–Crippen MR) is 109 cm³/mol. The van der Waals surface area contributed by atoms with Crippen LogP contribution >= 0.6 is 0 Å². The fraction of sp³-hybridized carbons (Fsp3) is 0.364. The first-order valence-electron chi connectivity index (χ1n) is 9.37. The molecule has 146 valence electrons. The van der Waals surface area contributed by atoms with Crippen molar-refractivity contribution in [2.45, 2.75) is 13.8 Å². The molecule has 0 atom stereocenters. The van der Waals surface area contributed by atoms with Gasteiger partial charge in [-0.15, -0.1) is 0 Å². The van der Waals surface area contributed by atoms with E-state index in [2.05, 4.69) is 15.5 Å². The summed E-state index contributed by atoms with van der Waals surface area (Å²) in [5.74, 6) is 0.612. The number of likely N-dealkylation sites (N-methyl/N-ethyl adjacent to an activating group) is 1. The number of methoxy groups -OCH3 is 1. The molecular formula is C22H26N4O2. The smallest absolute Gasteiger partial charge is 0.264 e. The molecule has 2 heterocycles. The molecule has 3 rings (SSSR count). The zero-order chi connectivity index (χ0) is 20.3. The molecule has 0 spiro atoms. The van der Waals surface area contributed by atoms with E-state index in [1.54, 1.807) is 18.1 Å². The fourth-order valence-corrected chi connectivity index (χ4v) is 3.54. The number of aromatic nitrogens is 1. The van der Waals surface area contributed by atoms with Crippen molar-refractivity contribution in [3.8, 4) is 17.5 Å². The van der Waals surface area contributed by atoms with Crippen LogP contribution in [0.3, 0.4) is 0 Å². The predicted octanol–water partition coefficient (Wildman–Crippen LogP) is 2.78. The van der Waals surface area contributed by atoms with Gasteiger partial charge in [-0.3, -0.25) is 4.79 Å². The molecule has 0 N–H and O–H groups in total. The van der Waals surface area contributed by atoms with Crippen LogP contribution in [0.5, 0.6) is 5.75 Å². The number of carbonyl (C=O) groups excluding carboxylic acids is 1. The number of piperazine rings is 1. The Bertz CT molecular complexity index is 927. The summed E-state index contributed by atoms with van der Waals surface area (Å²) in [6, 6.07) is 11.9. The Balaban J connectivity index is 1.90. The third-order valence-corrected chi connectivity index (χ3v) is 5.24. The Morgan fingerprint density at radius 3 is 2.36 bits per heavy atom. The minimum Gasteiger partial charge on any atom is -0.497 e. The SMILES string of the molecule is COc1ccc(-n2c(C)cc(/C=C(/C#N)C(=O)N3CCN(C)CC3)c2C)cc1. The summed E-state index contributed by atoms with van der Waals surface area (Å²) >= 11 is 0. The third-order valence-electron chi connectivity index (χ3n) is 5.24. The normalized spacial score (nSPS) is 15.4. The number of benzene rings is 1. The first-order chi connectivity index (χ1) is 13.4. The largest absolute Gasteiger partial charge is 0.497 e. The van der Waals surface area contributed by atoms with Crippen molar-refractivity contribution in [1.82, 2.24) is 14.4 Å². The summed E-state index contributed by atoms with van der Waals surface area (Å²) in [5.41, 5.74) is 4.10. The lowest BCUT2D eigenvalue weighted by molar-refractivity contribution is -0.128. The van der Waals surface area contributed by atoms with Crippen LogP contribution in [0.1, 0.15) is 17.0 Å². The highest BCUT2D eigenvalue weighted by molar-refractivity contribution is 6.01. The van der Waals surface area contributed by atoms with Gasteiger partial charge in [-0.25, -0.2) is 0 Å². The molecule has 1 amide bonds. The molecule has 1 aromatic heterocycles. The quantitative estimate of drug-likeness (QED) is 0.606. The minimum atomic E-state index is -0.190. The third kappa shape index (κ3) is 3.95. The van der Waals surface area contributed by atoms with Crippen molar-refractivity contribution in [3.63, 3.8) is 0 Å². The van der Waals surface area contributed by atoms with Gasteiger partial charge < -0.3 is 19.1 Å². The van der Waals surface area contributed by atoms with Gasteiger partial charge in [0.25, 0.3) is 5.91 Å². The molecule has 6 heteroatoms. The van der Waals surface area contributed by atoms with E-state index in [-0.39, 0.29) is 11.5 Å². The Labute approximate surface area is 166 Å². The molecule has 1 saturated heterocycles. The number of aryl methyl sites for hydroxylation is 1. The second-order valence-electron chi connectivity index (χ2n) is 7.13. The average Bonchev–Trinajstić information content (AvgIpc) is 2.99. The van der Waals surface area contributed by atoms with E-state index in [4.69, 9.17) is 4.74 Å². The molecule has 6 nitrogen and oxygen atoms in total. The summed E-state index contributed by atoms with van der Waals surface area (Å²) in [6.07, 6.45) is 1.71. The maximum atomic E-state index is 12.8. The average molecular weight is 378 g/mol. The van der Waals surface area contributed by atoms with Crippen LogP contribution in [0, 0.1) is 25.2 Å². The lowest BCUT2D eigenvalue weighted by Crippen LogP contribution is -2.47. The molecule has 1 aromatic carbocycles. The maximum absolute atomic E-state index is 12.8. The van der Waals surface area contributed by atoms with Gasteiger partial charge in [-0.05, 0) is 62.9 Å². The number of rotatable bonds is 4. The number of nitrogens with zero attached hydrogens (tertiary/aromatic N) is 4. The van der Waals surface area contributed by atoms with Gasteiger partial charge >= 0.3 is 0 Å². The Kier molecular flexibility index (Phi) is 5.86. The highest BCUT2D eigenvalue weighted by Gasteiger charge is 2.22. The molecule has 0 bridgehead atoms. The molecule has 28 heavy (non-hydrogen) atoms. The van der Waals surface area contributed by atoms with Gasteiger partial charge in [0, 0.05) is 43.3 Å². The second kappa shape index (κ2) is 8.32. The summed E-state index contributed by atoms with van der Waals surface area (Å²) in [7, 11) is 3.68. The molecule has 0 aliphatic carbocycles. The molecule has 1 aliphatic heterocycles. The van der Waals surface area contributed by atoms with Crippen molar-refractivity contribution < 1.29 is 9.53 Å². The monoisotopic (exact) mass is 378 g/mol. The molecule has 0 saturated carbocycles. The van der Waals surface area contributed by atoms with Gasteiger partial charge in [0.2, 0.25) is 0 Å². The van der Waals surface area contributed by atoms with E-state index >= 15 is 0 Å². The standard InChI is InChI=1S/C22H26N4O2/c1-16-13-18(17(2)26(16)20-5-7-21(28-4)8-6-20)14-19(15-23)22(27)25-11-9-24(3)10-12-25/h5-8,13-14H,9-12H2,1-4H3/b19-14-. The van der Waals surface area contributed by atoms with Crippen molar-refractivity contribution in [1.29, 1.82) is 5.26 Å². The first-order valence-corrected chi connectivity index (χ1v) is 9.37. The molecular weight excluding hydrogens is 352 g/mol. The zero-order valence-corrected chi connectivity index (χ0v) is 16.9. The van der Waals surface area contributed by atoms with Gasteiger partial charge in [0.05, 0.1) is 7.11 Å². The van der Waals surface area contributed by atoms with Crippen LogP contribution in [-0.4, -0.2) is 60.6 Å². The van der Waals surface area contributed by atoms with Crippen LogP contribution in [0.25, 0.3) is 11.8 Å². The molecule has 1 fully saturated rings. The van der Waals surface area contributed by atoms with E-state index in [0.29, 0.717) is 13.1 Å². The van der Waals surface area contributed by atoms with Crippen molar-refractivity contribution in [3.05, 3.63) is 52.9 Å². The Hall–Kier alpha value is -3.04. The van der Waals surface area contributed by atoms with Crippen LogP contribution in [0.4, 0.5) is 0 Å². The number of amides is 1. The Morgan fingerprint density at radius 2 is 1.79 bits per heavy atom. The summed E-state index contributed by atoms with van der Waals surface area (Å²) < 4.78 is 7.34. The second-order valence-corrected chi connectivity index (χ2v) is 7.13. The molecule has 0 unspecified atom stereocenters. The van der Waals surface area contributed by atoms with E-state index in [0.717, 1.165) is 41.5 Å². The Morgan fingerprint density at radius 1 is 1.14 bits per heavy atom. The van der Waals surface area contributed by atoms with Crippen LogP contribution in [0.15, 0.2) is 35.9 Å². The van der Waals surface area contributed by atoms with E-state index in [9.17, 15) is 10.1 Å². The van der Waals surface area contributed by atoms with Gasteiger partial charge in [-0.2, -0.15) is 5.26 Å². The summed E-state index contributed by atoms with van der Waals surface area (Å²) in [6.45, 7) is 6.98. The summed E-state index contributed by atoms with van der Waals surface area (Å²) in [4.78, 5) is 16.7. The van der Waals surface area contributed by atoms with Crippen molar-refractivity contribution >= 4 is 12.0 Å². The fourth-order valence-electron chi connectivity index (χ4n) is 3.54. The van der Waals surface area contributed by atoms with Crippen LogP contribution in [-0.2, 0) is 4.79 Å². The molecule has 1 aliphatic rings. The van der Waals surface area contributed by atoms with E-state index in [1.807, 2.05) is 51.2 Å². The minimum absolute atomic E-state index is 0.180. The number of carbonyl (C=O) groups is 1. The van der Waals surface area contributed by atoms with Crippen molar-refractivity contribution in [2.75, 3.05) is 40.3 Å². The number of hydrogen-bond acceptors (Lipinski definition) is 4. The van der Waals surface area contributed by atoms with Gasteiger partial charge in [0.15, 0.2) is 0 Å². The molecule has 0 radical (unpaired) electrons. The number of hydrogen-bond donors (Lipinski definition) is 0. The molecule has 2 aromatic rings. The lowest BCUT2D eigenvalue weighted by atomic mass is 10.1. The summed E-state index contributed by atoms with van der Waals surface area (Å²) in [5, 5.41) is 9.59. The highest BCUT2D eigenvalue weighted by atomic mass is 16.5. The van der Waals surface area contributed by atoms with Gasteiger partial charge in [0.1, 0.15) is 17.4 Å². The van der Waals surface area contributed by atoms with Gasteiger partial charge in [-0.1, -0.05) is 0 Å².